The fourth-order valence-electron chi connectivity index (χ4n) is 0.680. The molecule has 0 saturated carbocycles. The Morgan fingerprint density at radius 1 is 1.29 bits per heavy atom. The molecule has 1 amide bonds. The van der Waals surface area contributed by atoms with Crippen LogP contribution < -0.4 is 5.32 Å². The average molecular weight is 201 g/mol. The highest BCUT2D eigenvalue weighted by molar-refractivity contribution is 5.82. The van der Waals surface area contributed by atoms with Crippen molar-refractivity contribution in [2.75, 3.05) is 6.61 Å². The summed E-state index contributed by atoms with van der Waals surface area (Å²) in [4.78, 5) is 11.7. The van der Waals surface area contributed by atoms with Gasteiger partial charge in [-0.15, -0.1) is 0 Å². The van der Waals surface area contributed by atoms with E-state index in [1.807, 2.05) is 6.92 Å². The van der Waals surface area contributed by atoms with Crippen molar-refractivity contribution in [3.8, 4) is 0 Å². The van der Waals surface area contributed by atoms with Gasteiger partial charge in [0.1, 0.15) is 0 Å². The maximum Gasteiger partial charge on any atom is 0.228 e. The molecule has 0 aromatic carbocycles. The molecule has 3 heteroatoms. The van der Waals surface area contributed by atoms with Gasteiger partial charge in [0.25, 0.3) is 0 Å². The van der Waals surface area contributed by atoms with Gasteiger partial charge in [-0.2, -0.15) is 0 Å². The summed E-state index contributed by atoms with van der Waals surface area (Å²) >= 11 is 0. The van der Waals surface area contributed by atoms with Gasteiger partial charge in [0, 0.05) is 6.04 Å². The summed E-state index contributed by atoms with van der Waals surface area (Å²) < 4.78 is 0. The number of hydrogen-bond acceptors (Lipinski definition) is 2. The quantitative estimate of drug-likeness (QED) is 0.728. The summed E-state index contributed by atoms with van der Waals surface area (Å²) in [6.45, 7) is 11.5. The van der Waals surface area contributed by atoms with Gasteiger partial charge in [0.15, 0.2) is 0 Å². The summed E-state index contributed by atoms with van der Waals surface area (Å²) in [7, 11) is 0. The molecule has 0 bridgehead atoms. The predicted octanol–water partition coefficient (Wildman–Crippen LogP) is 1.56. The van der Waals surface area contributed by atoms with Gasteiger partial charge < -0.3 is 10.4 Å². The van der Waals surface area contributed by atoms with E-state index in [1.54, 1.807) is 13.8 Å². The van der Waals surface area contributed by atoms with Crippen LogP contribution in [-0.2, 0) is 4.79 Å². The molecule has 0 aliphatic heterocycles. The van der Waals surface area contributed by atoms with E-state index >= 15 is 0 Å². The average Bonchev–Trinajstić information content (AvgIpc) is 2.02. The molecule has 0 aromatic heterocycles. The summed E-state index contributed by atoms with van der Waals surface area (Å²) in [6, 6.07) is 0.0980. The minimum Gasteiger partial charge on any atom is -0.395 e. The Morgan fingerprint density at radius 2 is 1.71 bits per heavy atom. The second-order valence-corrected chi connectivity index (χ2v) is 5.60. The maximum absolute atomic E-state index is 11.7. The summed E-state index contributed by atoms with van der Waals surface area (Å²) in [5.41, 5.74) is -0.652. The molecule has 1 atom stereocenters. The van der Waals surface area contributed by atoms with E-state index in [9.17, 15) is 4.79 Å². The van der Waals surface area contributed by atoms with Crippen molar-refractivity contribution in [1.29, 1.82) is 0 Å². The molecule has 0 saturated heterocycles. The van der Waals surface area contributed by atoms with E-state index in [4.69, 9.17) is 5.11 Å². The number of aliphatic hydroxyl groups excluding tert-OH is 1. The largest absolute Gasteiger partial charge is 0.395 e. The zero-order valence-electron chi connectivity index (χ0n) is 10.1. The molecule has 0 heterocycles. The predicted molar refractivity (Wildman–Crippen MR) is 57.9 cm³/mol. The lowest BCUT2D eigenvalue weighted by atomic mass is 9.86. The molecule has 0 aliphatic carbocycles. The van der Waals surface area contributed by atoms with Crippen molar-refractivity contribution in [3.63, 3.8) is 0 Å². The summed E-state index contributed by atoms with van der Waals surface area (Å²) in [6.07, 6.45) is 0. The molecule has 0 rings (SSSR count). The molecule has 0 radical (unpaired) electrons. The Hall–Kier alpha value is -0.570. The molecule has 84 valence electrons. The van der Waals surface area contributed by atoms with E-state index < -0.39 is 5.41 Å². The lowest BCUT2D eigenvalue weighted by Crippen LogP contribution is -2.48. The molecule has 0 fully saturated rings. The van der Waals surface area contributed by atoms with E-state index in [1.165, 1.54) is 0 Å². The highest BCUT2D eigenvalue weighted by atomic mass is 16.3. The lowest BCUT2D eigenvalue weighted by molar-refractivity contribution is -0.132. The van der Waals surface area contributed by atoms with Crippen molar-refractivity contribution in [1.82, 2.24) is 5.32 Å². The third-order valence-electron chi connectivity index (χ3n) is 2.66. The van der Waals surface area contributed by atoms with Crippen molar-refractivity contribution < 1.29 is 9.90 Å². The van der Waals surface area contributed by atoms with Crippen LogP contribution in [0.4, 0.5) is 0 Å². The van der Waals surface area contributed by atoms with Gasteiger partial charge in [0.2, 0.25) is 5.91 Å². The van der Waals surface area contributed by atoms with Crippen molar-refractivity contribution in [2.45, 2.75) is 47.6 Å². The van der Waals surface area contributed by atoms with Crippen LogP contribution in [-0.4, -0.2) is 23.7 Å². The van der Waals surface area contributed by atoms with Crippen molar-refractivity contribution in [3.05, 3.63) is 0 Å². The topological polar surface area (TPSA) is 49.3 Å². The van der Waals surface area contributed by atoms with E-state index in [-0.39, 0.29) is 24.0 Å². The van der Waals surface area contributed by atoms with Crippen LogP contribution in [0.2, 0.25) is 0 Å². The van der Waals surface area contributed by atoms with Crippen molar-refractivity contribution >= 4 is 5.91 Å². The lowest BCUT2D eigenvalue weighted by Gasteiger charge is -2.31. The van der Waals surface area contributed by atoms with Crippen LogP contribution >= 0.6 is 0 Å². The molecule has 0 aromatic rings. The van der Waals surface area contributed by atoms with Crippen LogP contribution in [0.1, 0.15) is 41.5 Å². The molecular formula is C11H23NO2. The van der Waals surface area contributed by atoms with Gasteiger partial charge in [0.05, 0.1) is 12.0 Å². The third kappa shape index (κ3) is 3.66. The Kier molecular flexibility index (Phi) is 4.13. The smallest absolute Gasteiger partial charge is 0.228 e. The van der Waals surface area contributed by atoms with Crippen molar-refractivity contribution in [2.24, 2.45) is 10.8 Å². The fraction of sp³-hybridized carbons (Fsp3) is 0.909. The second kappa shape index (κ2) is 4.30. The van der Waals surface area contributed by atoms with E-state index in [0.717, 1.165) is 0 Å². The van der Waals surface area contributed by atoms with Gasteiger partial charge in [-0.25, -0.2) is 0 Å². The monoisotopic (exact) mass is 201 g/mol. The van der Waals surface area contributed by atoms with Gasteiger partial charge in [-0.05, 0) is 26.2 Å². The minimum absolute atomic E-state index is 0.0429. The number of carbonyl (C=O) groups excluding carboxylic acids is 1. The molecule has 14 heavy (non-hydrogen) atoms. The Labute approximate surface area is 86.9 Å². The number of aliphatic hydroxyl groups is 1. The molecular weight excluding hydrogens is 178 g/mol. The number of carbonyl (C=O) groups is 1. The third-order valence-corrected chi connectivity index (χ3v) is 2.66. The summed E-state index contributed by atoms with van der Waals surface area (Å²) in [5.74, 6) is -0.0950. The van der Waals surface area contributed by atoms with Crippen LogP contribution in [0.25, 0.3) is 0 Å². The Balaban J connectivity index is 4.35. The van der Waals surface area contributed by atoms with Gasteiger partial charge >= 0.3 is 0 Å². The van der Waals surface area contributed by atoms with Gasteiger partial charge in [-0.1, -0.05) is 20.8 Å². The number of nitrogens with one attached hydrogen (secondary N) is 1. The first-order valence-electron chi connectivity index (χ1n) is 5.03. The highest BCUT2D eigenvalue weighted by Gasteiger charge is 2.30. The first kappa shape index (κ1) is 13.4. The van der Waals surface area contributed by atoms with Gasteiger partial charge in [-0.3, -0.25) is 4.79 Å². The minimum atomic E-state index is -0.695. The van der Waals surface area contributed by atoms with Crippen LogP contribution in [0.5, 0.6) is 0 Å². The SMILES string of the molecule is CC(NC(=O)C(C)(C)CO)C(C)(C)C. The second-order valence-electron chi connectivity index (χ2n) is 5.60. The Bertz CT molecular complexity index is 204. The molecule has 1 unspecified atom stereocenters. The van der Waals surface area contributed by atoms with Crippen LogP contribution in [0.15, 0.2) is 0 Å². The number of hydrogen-bond donors (Lipinski definition) is 2. The van der Waals surface area contributed by atoms with E-state index in [2.05, 4.69) is 26.1 Å². The zero-order valence-corrected chi connectivity index (χ0v) is 10.1. The Morgan fingerprint density at radius 3 is 2.00 bits per heavy atom. The first-order chi connectivity index (χ1) is 6.11. The maximum atomic E-state index is 11.7. The number of amides is 1. The first-order valence-corrected chi connectivity index (χ1v) is 5.03. The zero-order chi connectivity index (χ0) is 11.6. The molecule has 0 spiro atoms. The van der Waals surface area contributed by atoms with Crippen LogP contribution in [0, 0.1) is 10.8 Å². The summed E-state index contributed by atoms with van der Waals surface area (Å²) in [5, 5.41) is 11.9. The standard InChI is InChI=1S/C11H23NO2/c1-8(10(2,3)4)12-9(14)11(5,6)7-13/h8,13H,7H2,1-6H3,(H,12,14). The van der Waals surface area contributed by atoms with Crippen LogP contribution in [0.3, 0.4) is 0 Å². The van der Waals surface area contributed by atoms with E-state index in [0.29, 0.717) is 0 Å². The normalized spacial score (nSPS) is 15.1. The molecule has 3 nitrogen and oxygen atoms in total. The fourth-order valence-corrected chi connectivity index (χ4v) is 0.680. The molecule has 0 aliphatic rings. The molecule has 2 N–H and O–H groups in total. The number of rotatable bonds is 3. The highest BCUT2D eigenvalue weighted by Crippen LogP contribution is 2.21.